The minimum Gasteiger partial charge on any atom is -0.332 e. The zero-order chi connectivity index (χ0) is 10.5. The second kappa shape index (κ2) is 4.61. The molecule has 0 spiro atoms. The van der Waals surface area contributed by atoms with Crippen molar-refractivity contribution >= 4 is 5.91 Å². The topological polar surface area (TPSA) is 33.2 Å². The lowest BCUT2D eigenvalue weighted by molar-refractivity contribution is -0.127. The number of rotatable bonds is 1. The van der Waals surface area contributed by atoms with Crippen molar-refractivity contribution in [2.45, 2.75) is 12.8 Å². The van der Waals surface area contributed by atoms with E-state index in [4.69, 9.17) is 0 Å². The van der Waals surface area contributed by atoms with Crippen molar-refractivity contribution in [1.29, 1.82) is 0 Å². The van der Waals surface area contributed by atoms with Crippen LogP contribution in [0.4, 0.5) is 0 Å². The summed E-state index contributed by atoms with van der Waals surface area (Å²) in [5.74, 6) is 6.12. The molecule has 0 aromatic carbocycles. The fourth-order valence-electron chi connectivity index (χ4n) is 1.53. The summed E-state index contributed by atoms with van der Waals surface area (Å²) in [6, 6.07) is 5.62. The van der Waals surface area contributed by atoms with Crippen LogP contribution in [0.3, 0.4) is 0 Å². The molecule has 0 unspecified atom stereocenters. The van der Waals surface area contributed by atoms with Crippen LogP contribution in [0.15, 0.2) is 24.4 Å². The molecule has 3 nitrogen and oxygen atoms in total. The molecule has 0 bridgehead atoms. The number of carbonyl (C=O) groups is 1. The number of amides is 1. The van der Waals surface area contributed by atoms with Gasteiger partial charge in [-0.1, -0.05) is 12.0 Å². The quantitative estimate of drug-likeness (QED) is 0.635. The minimum absolute atomic E-state index is 0.213. The van der Waals surface area contributed by atoms with Gasteiger partial charge in [0.25, 0.3) is 0 Å². The number of carbonyl (C=O) groups excluding carboxylic acids is 1. The molecule has 1 aliphatic heterocycles. The fourth-order valence-corrected chi connectivity index (χ4v) is 1.53. The predicted molar refractivity (Wildman–Crippen MR) is 56.9 cm³/mol. The molecule has 2 rings (SSSR count). The Labute approximate surface area is 89.1 Å². The lowest BCUT2D eigenvalue weighted by Gasteiger charge is -2.09. The van der Waals surface area contributed by atoms with Crippen LogP contribution in [0.25, 0.3) is 0 Å². The van der Waals surface area contributed by atoms with E-state index in [2.05, 4.69) is 16.8 Å². The van der Waals surface area contributed by atoms with Gasteiger partial charge in [-0.15, -0.1) is 0 Å². The maximum absolute atomic E-state index is 11.3. The van der Waals surface area contributed by atoms with Crippen molar-refractivity contribution in [3.05, 3.63) is 30.1 Å². The maximum Gasteiger partial charge on any atom is 0.223 e. The van der Waals surface area contributed by atoms with Gasteiger partial charge in [0.2, 0.25) is 5.91 Å². The first-order chi connectivity index (χ1) is 7.36. The van der Waals surface area contributed by atoms with Gasteiger partial charge in [0.1, 0.15) is 5.69 Å². The molecular formula is C12H12N2O. The number of aromatic nitrogens is 1. The van der Waals surface area contributed by atoms with Crippen LogP contribution in [0, 0.1) is 11.8 Å². The largest absolute Gasteiger partial charge is 0.332 e. The average molecular weight is 200 g/mol. The minimum atomic E-state index is 0.213. The number of nitrogens with zero attached hydrogens (tertiary/aromatic N) is 2. The zero-order valence-corrected chi connectivity index (χ0v) is 8.44. The first kappa shape index (κ1) is 9.72. The molecule has 15 heavy (non-hydrogen) atoms. The van der Waals surface area contributed by atoms with E-state index in [1.54, 1.807) is 11.1 Å². The zero-order valence-electron chi connectivity index (χ0n) is 8.44. The summed E-state index contributed by atoms with van der Waals surface area (Å²) in [5.41, 5.74) is 0.754. The monoisotopic (exact) mass is 200 g/mol. The van der Waals surface area contributed by atoms with Crippen LogP contribution in [-0.4, -0.2) is 28.9 Å². The van der Waals surface area contributed by atoms with Crippen molar-refractivity contribution < 1.29 is 4.79 Å². The highest BCUT2D eigenvalue weighted by Gasteiger charge is 2.18. The van der Waals surface area contributed by atoms with E-state index in [1.165, 1.54) is 0 Å². The Bertz CT molecular complexity index is 403. The molecule has 3 heteroatoms. The lowest BCUT2D eigenvalue weighted by atomic mass is 10.3. The average Bonchev–Trinajstić information content (AvgIpc) is 2.66. The van der Waals surface area contributed by atoms with Gasteiger partial charge in [-0.2, -0.15) is 0 Å². The number of pyridine rings is 1. The van der Waals surface area contributed by atoms with Crippen LogP contribution in [-0.2, 0) is 4.79 Å². The Kier molecular flexibility index (Phi) is 2.99. The lowest BCUT2D eigenvalue weighted by Crippen LogP contribution is -2.24. The van der Waals surface area contributed by atoms with Gasteiger partial charge in [0, 0.05) is 19.2 Å². The van der Waals surface area contributed by atoms with Crippen LogP contribution in [0.1, 0.15) is 18.5 Å². The molecule has 1 aromatic rings. The molecule has 0 saturated carbocycles. The first-order valence-corrected chi connectivity index (χ1v) is 5.04. The third-order valence-electron chi connectivity index (χ3n) is 2.32. The summed E-state index contributed by atoms with van der Waals surface area (Å²) in [5, 5.41) is 0. The van der Waals surface area contributed by atoms with E-state index in [9.17, 15) is 4.79 Å². The summed E-state index contributed by atoms with van der Waals surface area (Å²) in [6.45, 7) is 1.37. The molecule has 0 aliphatic carbocycles. The molecule has 0 radical (unpaired) electrons. The highest BCUT2D eigenvalue weighted by atomic mass is 16.2. The Morgan fingerprint density at radius 2 is 2.40 bits per heavy atom. The molecule has 1 saturated heterocycles. The van der Waals surface area contributed by atoms with Crippen molar-refractivity contribution in [3.63, 3.8) is 0 Å². The van der Waals surface area contributed by atoms with E-state index in [-0.39, 0.29) is 5.91 Å². The molecule has 2 heterocycles. The van der Waals surface area contributed by atoms with Crippen LogP contribution in [0.5, 0.6) is 0 Å². The highest BCUT2D eigenvalue weighted by molar-refractivity contribution is 5.78. The van der Waals surface area contributed by atoms with Crippen molar-refractivity contribution in [3.8, 4) is 11.8 Å². The molecular weight excluding hydrogens is 188 g/mol. The Hall–Kier alpha value is -1.82. The van der Waals surface area contributed by atoms with Crippen LogP contribution >= 0.6 is 0 Å². The van der Waals surface area contributed by atoms with Crippen LogP contribution < -0.4 is 0 Å². The van der Waals surface area contributed by atoms with Crippen LogP contribution in [0.2, 0.25) is 0 Å². The molecule has 1 aromatic heterocycles. The number of hydrogen-bond donors (Lipinski definition) is 0. The Balaban J connectivity index is 1.93. The molecule has 1 aliphatic rings. The molecule has 1 fully saturated rings. The smallest absolute Gasteiger partial charge is 0.223 e. The maximum atomic E-state index is 11.3. The van der Waals surface area contributed by atoms with E-state index >= 15 is 0 Å². The van der Waals surface area contributed by atoms with Crippen molar-refractivity contribution in [1.82, 2.24) is 9.88 Å². The molecule has 76 valence electrons. The highest BCUT2D eigenvalue weighted by Crippen LogP contribution is 2.07. The third kappa shape index (κ3) is 2.57. The fraction of sp³-hybridized carbons (Fsp3) is 0.333. The predicted octanol–water partition coefficient (Wildman–Crippen LogP) is 1.06. The van der Waals surface area contributed by atoms with Crippen molar-refractivity contribution in [2.75, 3.05) is 13.1 Å². The second-order valence-corrected chi connectivity index (χ2v) is 3.44. The van der Waals surface area contributed by atoms with Gasteiger partial charge < -0.3 is 4.90 Å². The number of hydrogen-bond acceptors (Lipinski definition) is 2. The van der Waals surface area contributed by atoms with Crippen molar-refractivity contribution in [2.24, 2.45) is 0 Å². The summed E-state index contributed by atoms with van der Waals surface area (Å²) >= 11 is 0. The normalized spacial score (nSPS) is 14.9. The Morgan fingerprint density at radius 1 is 1.47 bits per heavy atom. The van der Waals surface area contributed by atoms with E-state index < -0.39 is 0 Å². The molecule has 0 N–H and O–H groups in total. The molecule has 1 amide bonds. The van der Waals surface area contributed by atoms with E-state index in [1.807, 2.05) is 18.2 Å². The Morgan fingerprint density at radius 3 is 3.07 bits per heavy atom. The molecule has 0 atom stereocenters. The standard InChI is InChI=1S/C12H12N2O/c15-12-7-4-10-14(12)9-3-6-11-5-1-2-8-13-11/h1-2,5,8H,4,7,9-10H2. The number of likely N-dealkylation sites (tertiary alicyclic amines) is 1. The third-order valence-corrected chi connectivity index (χ3v) is 2.32. The summed E-state index contributed by atoms with van der Waals surface area (Å²) in [4.78, 5) is 17.1. The van der Waals surface area contributed by atoms with Gasteiger partial charge in [-0.25, -0.2) is 4.98 Å². The summed E-state index contributed by atoms with van der Waals surface area (Å²) in [6.07, 6.45) is 3.35. The first-order valence-electron chi connectivity index (χ1n) is 5.04. The SMILES string of the molecule is O=C1CCCN1CC#Cc1ccccn1. The van der Waals surface area contributed by atoms with E-state index in [0.717, 1.165) is 18.7 Å². The van der Waals surface area contributed by atoms with Gasteiger partial charge in [-0.05, 0) is 24.5 Å². The van der Waals surface area contributed by atoms with E-state index in [0.29, 0.717) is 13.0 Å². The van der Waals surface area contributed by atoms with Gasteiger partial charge >= 0.3 is 0 Å². The van der Waals surface area contributed by atoms with Gasteiger partial charge in [0.05, 0.1) is 6.54 Å². The second-order valence-electron chi connectivity index (χ2n) is 3.44. The van der Waals surface area contributed by atoms with Gasteiger partial charge in [0.15, 0.2) is 0 Å². The summed E-state index contributed by atoms with van der Waals surface area (Å²) < 4.78 is 0. The van der Waals surface area contributed by atoms with Gasteiger partial charge in [-0.3, -0.25) is 4.79 Å². The summed E-state index contributed by atoms with van der Waals surface area (Å²) in [7, 11) is 0.